The van der Waals surface area contributed by atoms with Crippen LogP contribution in [-0.4, -0.2) is 11.7 Å². The van der Waals surface area contributed by atoms with Crippen molar-refractivity contribution in [2.75, 3.05) is 0 Å². The summed E-state index contributed by atoms with van der Waals surface area (Å²) in [5, 5.41) is 2.51. The highest BCUT2D eigenvalue weighted by Gasteiger charge is 2.63. The van der Waals surface area contributed by atoms with Crippen LogP contribution in [0.15, 0.2) is 22.7 Å². The fourth-order valence-electron chi connectivity index (χ4n) is 1.97. The first-order valence-electron chi connectivity index (χ1n) is 5.54. The molecule has 0 radical (unpaired) electrons. The third-order valence-corrected chi connectivity index (χ3v) is 3.70. The van der Waals surface area contributed by atoms with Gasteiger partial charge in [-0.25, -0.2) is 4.39 Å². The molecule has 0 saturated heterocycles. The van der Waals surface area contributed by atoms with Gasteiger partial charge in [-0.1, -0.05) is 15.9 Å². The molecule has 0 aromatic heterocycles. The van der Waals surface area contributed by atoms with Crippen LogP contribution in [0.5, 0.6) is 0 Å². The number of alkyl halides is 3. The second kappa shape index (κ2) is 4.49. The fourth-order valence-corrected chi connectivity index (χ4v) is 2.35. The molecular weight excluding hydrogens is 314 g/mol. The summed E-state index contributed by atoms with van der Waals surface area (Å²) in [7, 11) is 0. The third-order valence-electron chi connectivity index (χ3n) is 3.21. The standard InChI is InChI=1S/C12H12BrF4N/c1-7(9-6-8(13)2-3-10(9)14)18-11(4-5-11)12(15,16)17/h2-3,6-7,18H,4-5H2,1H3. The van der Waals surface area contributed by atoms with Gasteiger partial charge in [0.25, 0.3) is 0 Å². The lowest BCUT2D eigenvalue weighted by Crippen LogP contribution is -2.46. The van der Waals surface area contributed by atoms with E-state index < -0.39 is 23.6 Å². The maximum Gasteiger partial charge on any atom is 0.406 e. The topological polar surface area (TPSA) is 12.0 Å². The molecule has 1 saturated carbocycles. The van der Waals surface area contributed by atoms with Gasteiger partial charge in [0.05, 0.1) is 0 Å². The first-order valence-corrected chi connectivity index (χ1v) is 6.34. The lowest BCUT2D eigenvalue weighted by Gasteiger charge is -2.25. The molecule has 1 aromatic carbocycles. The van der Waals surface area contributed by atoms with E-state index in [0.29, 0.717) is 4.47 Å². The minimum absolute atomic E-state index is 0.0520. The first-order chi connectivity index (χ1) is 8.25. The van der Waals surface area contributed by atoms with Crippen LogP contribution in [-0.2, 0) is 0 Å². The number of hydrogen-bond donors (Lipinski definition) is 1. The predicted molar refractivity (Wildman–Crippen MR) is 63.7 cm³/mol. The van der Waals surface area contributed by atoms with Crippen LogP contribution in [0.3, 0.4) is 0 Å². The Labute approximate surface area is 111 Å². The maximum atomic E-state index is 13.6. The van der Waals surface area contributed by atoms with Crippen LogP contribution in [0.2, 0.25) is 0 Å². The number of nitrogens with one attached hydrogen (secondary N) is 1. The number of benzene rings is 1. The molecule has 2 rings (SSSR count). The second-order valence-electron chi connectivity index (χ2n) is 4.61. The molecule has 0 spiro atoms. The van der Waals surface area contributed by atoms with Gasteiger partial charge < -0.3 is 0 Å². The third kappa shape index (κ3) is 2.54. The zero-order valence-corrected chi connectivity index (χ0v) is 11.2. The van der Waals surface area contributed by atoms with Gasteiger partial charge in [0.2, 0.25) is 0 Å². The quantitative estimate of drug-likeness (QED) is 0.815. The van der Waals surface area contributed by atoms with Gasteiger partial charge in [-0.15, -0.1) is 0 Å². The van der Waals surface area contributed by atoms with Gasteiger partial charge in [-0.2, -0.15) is 13.2 Å². The van der Waals surface area contributed by atoms with Crippen molar-refractivity contribution in [3.63, 3.8) is 0 Å². The van der Waals surface area contributed by atoms with Crippen molar-refractivity contribution < 1.29 is 17.6 Å². The zero-order chi connectivity index (χ0) is 13.6. The Kier molecular flexibility index (Phi) is 3.44. The second-order valence-corrected chi connectivity index (χ2v) is 5.53. The largest absolute Gasteiger partial charge is 0.406 e. The van der Waals surface area contributed by atoms with Gasteiger partial charge in [-0.05, 0) is 38.0 Å². The minimum atomic E-state index is -4.29. The van der Waals surface area contributed by atoms with Crippen LogP contribution in [0.1, 0.15) is 31.4 Å². The van der Waals surface area contributed by atoms with E-state index in [-0.39, 0.29) is 18.4 Å². The van der Waals surface area contributed by atoms with Crippen LogP contribution in [0.4, 0.5) is 17.6 Å². The highest BCUT2D eigenvalue weighted by Crippen LogP contribution is 2.50. The predicted octanol–water partition coefficient (Wildman–Crippen LogP) is 4.33. The average molecular weight is 326 g/mol. The van der Waals surface area contributed by atoms with Gasteiger partial charge in [-0.3, -0.25) is 5.32 Å². The molecule has 1 atom stereocenters. The monoisotopic (exact) mass is 325 g/mol. The lowest BCUT2D eigenvalue weighted by molar-refractivity contribution is -0.167. The van der Waals surface area contributed by atoms with Crippen LogP contribution >= 0.6 is 15.9 Å². The van der Waals surface area contributed by atoms with E-state index in [4.69, 9.17) is 0 Å². The van der Waals surface area contributed by atoms with E-state index in [1.807, 2.05) is 0 Å². The van der Waals surface area contributed by atoms with Crippen molar-refractivity contribution >= 4 is 15.9 Å². The summed E-state index contributed by atoms with van der Waals surface area (Å²) in [6.07, 6.45) is -4.18. The SMILES string of the molecule is CC(NC1(C(F)(F)F)CC1)c1cc(Br)ccc1F. The zero-order valence-electron chi connectivity index (χ0n) is 9.61. The van der Waals surface area contributed by atoms with Crippen LogP contribution in [0.25, 0.3) is 0 Å². The van der Waals surface area contributed by atoms with Gasteiger partial charge in [0.1, 0.15) is 11.4 Å². The summed E-state index contributed by atoms with van der Waals surface area (Å²) in [4.78, 5) is 0. The molecule has 0 aliphatic heterocycles. The van der Waals surface area contributed by atoms with Crippen molar-refractivity contribution in [1.29, 1.82) is 0 Å². The molecule has 1 aliphatic carbocycles. The molecule has 1 aliphatic rings. The Bertz CT molecular complexity index is 454. The van der Waals surface area contributed by atoms with E-state index in [0.717, 1.165) is 0 Å². The van der Waals surface area contributed by atoms with Crippen molar-refractivity contribution in [3.8, 4) is 0 Å². The van der Waals surface area contributed by atoms with Gasteiger partial charge >= 0.3 is 6.18 Å². The minimum Gasteiger partial charge on any atom is -0.297 e. The molecule has 18 heavy (non-hydrogen) atoms. The number of halogens is 5. The van der Waals surface area contributed by atoms with Gasteiger partial charge in [0.15, 0.2) is 0 Å². The lowest BCUT2D eigenvalue weighted by atomic mass is 10.1. The Morgan fingerprint density at radius 1 is 1.33 bits per heavy atom. The Hall–Kier alpha value is -0.620. The molecule has 100 valence electrons. The number of rotatable bonds is 3. The molecule has 0 heterocycles. The Morgan fingerprint density at radius 3 is 2.44 bits per heavy atom. The first kappa shape index (κ1) is 13.8. The average Bonchev–Trinajstić information content (AvgIpc) is 3.01. The summed E-state index contributed by atoms with van der Waals surface area (Å²) >= 11 is 3.18. The van der Waals surface area contributed by atoms with Crippen LogP contribution in [0, 0.1) is 5.82 Å². The van der Waals surface area contributed by atoms with Crippen molar-refractivity contribution in [2.24, 2.45) is 0 Å². The summed E-state index contributed by atoms with van der Waals surface area (Å²) in [6.45, 7) is 1.54. The molecular formula is C12H12BrF4N. The van der Waals surface area contributed by atoms with E-state index >= 15 is 0 Å². The molecule has 1 N–H and O–H groups in total. The molecule has 0 bridgehead atoms. The molecule has 1 unspecified atom stereocenters. The van der Waals surface area contributed by atoms with Crippen molar-refractivity contribution in [1.82, 2.24) is 5.32 Å². The summed E-state index contributed by atoms with van der Waals surface area (Å²) in [5.74, 6) is -0.504. The summed E-state index contributed by atoms with van der Waals surface area (Å²) in [6, 6.07) is 3.57. The van der Waals surface area contributed by atoms with E-state index in [2.05, 4.69) is 21.2 Å². The molecule has 0 amide bonds. The molecule has 1 fully saturated rings. The normalized spacial score (nSPS) is 19.7. The molecule has 6 heteroatoms. The highest BCUT2D eigenvalue weighted by molar-refractivity contribution is 9.10. The smallest absolute Gasteiger partial charge is 0.297 e. The summed E-state index contributed by atoms with van der Waals surface area (Å²) < 4.78 is 52.6. The van der Waals surface area contributed by atoms with E-state index in [1.54, 1.807) is 0 Å². The van der Waals surface area contributed by atoms with E-state index in [9.17, 15) is 17.6 Å². The summed E-state index contributed by atoms with van der Waals surface area (Å²) in [5.41, 5.74) is -1.60. The van der Waals surface area contributed by atoms with Crippen molar-refractivity contribution in [3.05, 3.63) is 34.1 Å². The number of hydrogen-bond acceptors (Lipinski definition) is 1. The van der Waals surface area contributed by atoms with Gasteiger partial charge in [0, 0.05) is 16.1 Å². The van der Waals surface area contributed by atoms with Crippen molar-refractivity contribution in [2.45, 2.75) is 37.5 Å². The van der Waals surface area contributed by atoms with E-state index in [1.165, 1.54) is 25.1 Å². The maximum absolute atomic E-state index is 13.6. The highest BCUT2D eigenvalue weighted by atomic mass is 79.9. The molecule has 1 aromatic rings. The Balaban J connectivity index is 2.18. The Morgan fingerprint density at radius 2 is 1.94 bits per heavy atom. The molecule has 1 nitrogen and oxygen atoms in total. The van der Waals surface area contributed by atoms with Crippen LogP contribution < -0.4 is 5.32 Å². The fraction of sp³-hybridized carbons (Fsp3) is 0.500.